The van der Waals surface area contributed by atoms with Crippen LogP contribution >= 0.6 is 11.6 Å². The van der Waals surface area contributed by atoms with E-state index in [0.717, 1.165) is 25.9 Å². The summed E-state index contributed by atoms with van der Waals surface area (Å²) in [6.45, 7) is 1.03. The van der Waals surface area contributed by atoms with Gasteiger partial charge in [0, 0.05) is 11.6 Å². The number of hydrogen-bond donors (Lipinski definition) is 1. The number of sulfonamides is 1. The second kappa shape index (κ2) is 6.09. The lowest BCUT2D eigenvalue weighted by molar-refractivity contribution is -0.0116. The third-order valence-corrected chi connectivity index (χ3v) is 4.08. The van der Waals surface area contributed by atoms with Crippen LogP contribution < -0.4 is 9.88 Å². The molecular weight excluding hydrogens is 290 g/mol. The fourth-order valence-electron chi connectivity index (χ4n) is 1.95. The molecule has 19 heavy (non-hydrogen) atoms. The summed E-state index contributed by atoms with van der Waals surface area (Å²) in [4.78, 5) is -0.101. The molecule has 1 heterocycles. The van der Waals surface area contributed by atoms with Gasteiger partial charge in [0.2, 0.25) is 10.0 Å². The normalized spacial score (nSPS) is 20.2. The molecule has 7 heteroatoms. The first kappa shape index (κ1) is 14.6. The summed E-state index contributed by atoms with van der Waals surface area (Å²) in [5.41, 5.74) is 0. The summed E-state index contributed by atoms with van der Waals surface area (Å²) >= 11 is 5.77. The van der Waals surface area contributed by atoms with E-state index in [-0.39, 0.29) is 16.7 Å². The molecule has 1 atom stereocenters. The fourth-order valence-corrected chi connectivity index (χ4v) is 2.88. The van der Waals surface area contributed by atoms with Gasteiger partial charge in [0.1, 0.15) is 17.3 Å². The SMILES string of the molecule is NS(=O)(=O)c1cc(Cl)ccc1OC[C@@H]1CCCCO1. The molecule has 0 bridgehead atoms. The average molecular weight is 306 g/mol. The van der Waals surface area contributed by atoms with E-state index in [0.29, 0.717) is 11.6 Å². The molecule has 0 amide bonds. The van der Waals surface area contributed by atoms with Crippen LogP contribution in [-0.2, 0) is 14.8 Å². The number of halogens is 1. The number of rotatable bonds is 4. The van der Waals surface area contributed by atoms with Crippen molar-refractivity contribution in [3.8, 4) is 5.75 Å². The predicted octanol–water partition coefficient (Wildman–Crippen LogP) is 1.94. The summed E-state index contributed by atoms with van der Waals surface area (Å²) < 4.78 is 34.0. The molecule has 0 radical (unpaired) electrons. The third-order valence-electron chi connectivity index (χ3n) is 2.91. The first-order chi connectivity index (χ1) is 8.97. The summed E-state index contributed by atoms with van der Waals surface area (Å²) in [7, 11) is -3.86. The number of primary sulfonamides is 1. The van der Waals surface area contributed by atoms with Crippen molar-refractivity contribution in [1.82, 2.24) is 0 Å². The van der Waals surface area contributed by atoms with E-state index >= 15 is 0 Å². The van der Waals surface area contributed by atoms with Gasteiger partial charge in [-0.3, -0.25) is 0 Å². The van der Waals surface area contributed by atoms with E-state index in [2.05, 4.69) is 0 Å². The molecule has 1 aromatic carbocycles. The second-order valence-corrected chi connectivity index (χ2v) is 6.40. The highest BCUT2D eigenvalue weighted by Gasteiger charge is 2.19. The van der Waals surface area contributed by atoms with Crippen molar-refractivity contribution >= 4 is 21.6 Å². The molecule has 1 aromatic rings. The lowest BCUT2D eigenvalue weighted by Gasteiger charge is -2.23. The smallest absolute Gasteiger partial charge is 0.241 e. The first-order valence-corrected chi connectivity index (χ1v) is 7.96. The Kier molecular flexibility index (Phi) is 4.67. The molecule has 0 unspecified atom stereocenters. The molecule has 2 rings (SSSR count). The second-order valence-electron chi connectivity index (χ2n) is 4.44. The van der Waals surface area contributed by atoms with Gasteiger partial charge in [0.15, 0.2) is 0 Å². The zero-order valence-electron chi connectivity index (χ0n) is 10.3. The van der Waals surface area contributed by atoms with Gasteiger partial charge in [0.25, 0.3) is 0 Å². The van der Waals surface area contributed by atoms with Crippen molar-refractivity contribution in [2.45, 2.75) is 30.3 Å². The van der Waals surface area contributed by atoms with Crippen LogP contribution in [0.2, 0.25) is 5.02 Å². The van der Waals surface area contributed by atoms with Crippen molar-refractivity contribution in [2.75, 3.05) is 13.2 Å². The fraction of sp³-hybridized carbons (Fsp3) is 0.500. The molecule has 5 nitrogen and oxygen atoms in total. The van der Waals surface area contributed by atoms with E-state index in [1.54, 1.807) is 6.07 Å². The van der Waals surface area contributed by atoms with Gasteiger partial charge in [0.05, 0.1) is 6.10 Å². The Bertz CT molecular complexity index is 541. The zero-order chi connectivity index (χ0) is 13.9. The summed E-state index contributed by atoms with van der Waals surface area (Å²) in [6, 6.07) is 4.35. The largest absolute Gasteiger partial charge is 0.489 e. The quantitative estimate of drug-likeness (QED) is 0.922. The molecule has 0 aromatic heterocycles. The van der Waals surface area contributed by atoms with Gasteiger partial charge >= 0.3 is 0 Å². The summed E-state index contributed by atoms with van der Waals surface area (Å²) in [5.74, 6) is 0.209. The highest BCUT2D eigenvalue weighted by molar-refractivity contribution is 7.89. The maximum absolute atomic E-state index is 11.5. The number of ether oxygens (including phenoxy) is 2. The van der Waals surface area contributed by atoms with Crippen LogP contribution in [0.5, 0.6) is 5.75 Å². The lowest BCUT2D eigenvalue weighted by atomic mass is 10.1. The Balaban J connectivity index is 2.11. The average Bonchev–Trinajstić information content (AvgIpc) is 2.37. The Morgan fingerprint density at radius 1 is 1.42 bits per heavy atom. The molecule has 1 aliphatic rings. The Labute approximate surface area is 117 Å². The van der Waals surface area contributed by atoms with Gasteiger partial charge in [-0.15, -0.1) is 0 Å². The maximum Gasteiger partial charge on any atom is 0.241 e. The van der Waals surface area contributed by atoms with Crippen molar-refractivity contribution in [2.24, 2.45) is 5.14 Å². The monoisotopic (exact) mass is 305 g/mol. The highest BCUT2D eigenvalue weighted by Crippen LogP contribution is 2.27. The molecule has 106 valence electrons. The van der Waals surface area contributed by atoms with Gasteiger partial charge in [-0.2, -0.15) is 0 Å². The zero-order valence-corrected chi connectivity index (χ0v) is 11.9. The van der Waals surface area contributed by atoms with Crippen LogP contribution in [0.1, 0.15) is 19.3 Å². The van der Waals surface area contributed by atoms with E-state index in [1.807, 2.05) is 0 Å². The number of nitrogens with two attached hydrogens (primary N) is 1. The van der Waals surface area contributed by atoms with E-state index in [9.17, 15) is 8.42 Å². The Hall–Kier alpha value is -0.820. The number of hydrogen-bond acceptors (Lipinski definition) is 4. The predicted molar refractivity (Wildman–Crippen MR) is 71.9 cm³/mol. The molecule has 1 saturated heterocycles. The van der Waals surface area contributed by atoms with E-state index in [1.165, 1.54) is 12.1 Å². The van der Waals surface area contributed by atoms with Crippen LogP contribution in [0.15, 0.2) is 23.1 Å². The van der Waals surface area contributed by atoms with Gasteiger partial charge in [-0.25, -0.2) is 13.6 Å². The van der Waals surface area contributed by atoms with Gasteiger partial charge in [-0.1, -0.05) is 11.6 Å². The molecule has 0 saturated carbocycles. The number of benzene rings is 1. The van der Waals surface area contributed by atoms with E-state index < -0.39 is 10.0 Å². The molecular formula is C12H16ClNO4S. The van der Waals surface area contributed by atoms with Crippen molar-refractivity contribution < 1.29 is 17.9 Å². The minimum absolute atomic E-state index is 0.00208. The van der Waals surface area contributed by atoms with Crippen LogP contribution in [0.4, 0.5) is 0 Å². The molecule has 1 aliphatic heterocycles. The Morgan fingerprint density at radius 3 is 2.84 bits per heavy atom. The van der Waals surface area contributed by atoms with Crippen LogP contribution in [-0.4, -0.2) is 27.7 Å². The van der Waals surface area contributed by atoms with Crippen molar-refractivity contribution in [1.29, 1.82) is 0 Å². The van der Waals surface area contributed by atoms with E-state index in [4.69, 9.17) is 26.2 Å². The molecule has 2 N–H and O–H groups in total. The van der Waals surface area contributed by atoms with Crippen LogP contribution in [0.3, 0.4) is 0 Å². The van der Waals surface area contributed by atoms with Crippen LogP contribution in [0.25, 0.3) is 0 Å². The topological polar surface area (TPSA) is 78.6 Å². The third kappa shape index (κ3) is 4.07. The standard InChI is InChI=1S/C12H16ClNO4S/c13-9-4-5-11(12(7-9)19(14,15)16)18-8-10-3-1-2-6-17-10/h4-5,7,10H,1-3,6,8H2,(H2,14,15,16)/t10-/m0/s1. The summed E-state index contributed by atoms with van der Waals surface area (Å²) in [5, 5.41) is 5.43. The Morgan fingerprint density at radius 2 is 2.21 bits per heavy atom. The summed E-state index contributed by atoms with van der Waals surface area (Å²) in [6.07, 6.45) is 3.06. The first-order valence-electron chi connectivity index (χ1n) is 6.03. The van der Waals surface area contributed by atoms with Crippen molar-refractivity contribution in [3.05, 3.63) is 23.2 Å². The van der Waals surface area contributed by atoms with Gasteiger partial charge in [-0.05, 0) is 37.5 Å². The minimum atomic E-state index is -3.86. The lowest BCUT2D eigenvalue weighted by Crippen LogP contribution is -2.26. The molecule has 0 spiro atoms. The molecule has 0 aliphatic carbocycles. The van der Waals surface area contributed by atoms with Crippen LogP contribution in [0, 0.1) is 0 Å². The maximum atomic E-state index is 11.5. The van der Waals surface area contributed by atoms with Gasteiger partial charge < -0.3 is 9.47 Å². The van der Waals surface area contributed by atoms with Crippen molar-refractivity contribution in [3.63, 3.8) is 0 Å². The highest BCUT2D eigenvalue weighted by atomic mass is 35.5. The molecule has 1 fully saturated rings. The minimum Gasteiger partial charge on any atom is -0.489 e.